The predicted molar refractivity (Wildman–Crippen MR) is 67.7 cm³/mol. The zero-order valence-corrected chi connectivity index (χ0v) is 11.1. The third kappa shape index (κ3) is 4.45. The van der Waals surface area contributed by atoms with Gasteiger partial charge < -0.3 is 10.1 Å². The zero-order chi connectivity index (χ0) is 12.7. The largest absolute Gasteiger partial charge is 0.492 e. The highest BCUT2D eigenvalue weighted by atomic mass is 79.9. The summed E-state index contributed by atoms with van der Waals surface area (Å²) in [6.07, 6.45) is 0.286. The van der Waals surface area contributed by atoms with Gasteiger partial charge in [-0.15, -0.1) is 0 Å². The lowest BCUT2D eigenvalue weighted by atomic mass is 10.2. The maximum Gasteiger partial charge on any atom is 0.223 e. The lowest BCUT2D eigenvalue weighted by molar-refractivity contribution is -0.121. The Morgan fingerprint density at radius 2 is 2.35 bits per heavy atom. The van der Waals surface area contributed by atoms with Crippen molar-refractivity contribution in [2.24, 2.45) is 0 Å². The molecule has 0 bridgehead atoms. The number of amides is 1. The van der Waals surface area contributed by atoms with E-state index in [1.807, 2.05) is 13.0 Å². The van der Waals surface area contributed by atoms with Crippen LogP contribution in [0.15, 0.2) is 22.7 Å². The quantitative estimate of drug-likeness (QED) is 0.906. The van der Waals surface area contributed by atoms with E-state index in [0.717, 1.165) is 4.47 Å². The fourth-order valence-electron chi connectivity index (χ4n) is 1.25. The molecule has 17 heavy (non-hydrogen) atoms. The van der Waals surface area contributed by atoms with E-state index >= 15 is 0 Å². The third-order valence-corrected chi connectivity index (χ3v) is 2.52. The standard InChI is InChI=1S/C12H13BrN2O2/c1-2-15-12(16)5-6-17-11-4-3-10(13)7-9(11)8-14/h3-4,7H,2,5-6H2,1H3,(H,15,16). The summed E-state index contributed by atoms with van der Waals surface area (Å²) >= 11 is 3.28. The van der Waals surface area contributed by atoms with Gasteiger partial charge in [-0.25, -0.2) is 0 Å². The Hall–Kier alpha value is -1.54. The van der Waals surface area contributed by atoms with Crippen molar-refractivity contribution in [3.8, 4) is 11.8 Å². The number of halogens is 1. The highest BCUT2D eigenvalue weighted by Crippen LogP contribution is 2.22. The summed E-state index contributed by atoms with van der Waals surface area (Å²) in [5.74, 6) is 0.447. The molecular formula is C12H13BrN2O2. The number of carbonyl (C=O) groups excluding carboxylic acids is 1. The Morgan fingerprint density at radius 1 is 1.59 bits per heavy atom. The maximum absolute atomic E-state index is 11.2. The van der Waals surface area contributed by atoms with Crippen molar-refractivity contribution < 1.29 is 9.53 Å². The van der Waals surface area contributed by atoms with Crippen molar-refractivity contribution in [1.82, 2.24) is 5.32 Å². The molecule has 0 saturated carbocycles. The molecule has 0 heterocycles. The number of rotatable bonds is 5. The first kappa shape index (κ1) is 13.5. The van der Waals surface area contributed by atoms with Gasteiger partial charge in [0.1, 0.15) is 11.8 Å². The van der Waals surface area contributed by atoms with Crippen molar-refractivity contribution in [3.63, 3.8) is 0 Å². The molecule has 4 nitrogen and oxygen atoms in total. The van der Waals surface area contributed by atoms with Gasteiger partial charge in [-0.1, -0.05) is 15.9 Å². The molecule has 0 aliphatic rings. The summed E-state index contributed by atoms with van der Waals surface area (Å²) in [4.78, 5) is 11.2. The van der Waals surface area contributed by atoms with Gasteiger partial charge in [0.25, 0.3) is 0 Å². The Labute approximate surface area is 109 Å². The number of carbonyl (C=O) groups is 1. The molecule has 0 unspecified atom stereocenters. The van der Waals surface area contributed by atoms with Crippen molar-refractivity contribution in [1.29, 1.82) is 5.26 Å². The first-order chi connectivity index (χ1) is 8.17. The van der Waals surface area contributed by atoms with Crippen LogP contribution in [0, 0.1) is 11.3 Å². The molecule has 0 aromatic heterocycles. The lowest BCUT2D eigenvalue weighted by Gasteiger charge is -2.07. The molecule has 0 aliphatic heterocycles. The summed E-state index contributed by atoms with van der Waals surface area (Å²) in [7, 11) is 0. The van der Waals surface area contributed by atoms with Crippen LogP contribution in [0.1, 0.15) is 18.9 Å². The van der Waals surface area contributed by atoms with Gasteiger partial charge in [0, 0.05) is 11.0 Å². The van der Waals surface area contributed by atoms with E-state index in [2.05, 4.69) is 21.2 Å². The van der Waals surface area contributed by atoms with E-state index in [9.17, 15) is 4.79 Å². The second kappa shape index (κ2) is 6.92. The lowest BCUT2D eigenvalue weighted by Crippen LogP contribution is -2.24. The second-order valence-corrected chi connectivity index (χ2v) is 4.22. The third-order valence-electron chi connectivity index (χ3n) is 2.02. The molecule has 1 amide bonds. The molecule has 0 radical (unpaired) electrons. The Morgan fingerprint density at radius 3 is 3.00 bits per heavy atom. The topological polar surface area (TPSA) is 62.1 Å². The SMILES string of the molecule is CCNC(=O)CCOc1ccc(Br)cc1C#N. The Balaban J connectivity index is 2.52. The van der Waals surface area contributed by atoms with Gasteiger partial charge in [-0.05, 0) is 25.1 Å². The molecule has 1 rings (SSSR count). The van der Waals surface area contributed by atoms with Crippen molar-refractivity contribution in [3.05, 3.63) is 28.2 Å². The normalized spacial score (nSPS) is 9.47. The Kier molecular flexibility index (Phi) is 5.50. The predicted octanol–water partition coefficient (Wildman–Crippen LogP) is 2.23. The van der Waals surface area contributed by atoms with Crippen LogP contribution >= 0.6 is 15.9 Å². The first-order valence-electron chi connectivity index (χ1n) is 5.26. The molecule has 0 saturated heterocycles. The van der Waals surface area contributed by atoms with Gasteiger partial charge in [0.2, 0.25) is 5.91 Å². The number of hydrogen-bond acceptors (Lipinski definition) is 3. The van der Waals surface area contributed by atoms with Crippen LogP contribution in [0.4, 0.5) is 0 Å². The highest BCUT2D eigenvalue weighted by Gasteiger charge is 2.05. The summed E-state index contributed by atoms with van der Waals surface area (Å²) < 4.78 is 6.22. The summed E-state index contributed by atoms with van der Waals surface area (Å²) in [5, 5.41) is 11.6. The average molecular weight is 297 g/mol. The monoisotopic (exact) mass is 296 g/mol. The Bertz CT molecular complexity index is 441. The minimum Gasteiger partial charge on any atom is -0.492 e. The van der Waals surface area contributed by atoms with E-state index in [-0.39, 0.29) is 18.9 Å². The zero-order valence-electron chi connectivity index (χ0n) is 9.50. The molecule has 1 aromatic rings. The minimum absolute atomic E-state index is 0.0527. The highest BCUT2D eigenvalue weighted by molar-refractivity contribution is 9.10. The molecular weight excluding hydrogens is 284 g/mol. The molecule has 0 aliphatic carbocycles. The molecule has 0 fully saturated rings. The fourth-order valence-corrected chi connectivity index (χ4v) is 1.62. The maximum atomic E-state index is 11.2. The molecule has 0 atom stereocenters. The van der Waals surface area contributed by atoms with Crippen LogP contribution < -0.4 is 10.1 Å². The molecule has 0 spiro atoms. The van der Waals surface area contributed by atoms with Gasteiger partial charge in [-0.2, -0.15) is 5.26 Å². The summed E-state index contributed by atoms with van der Waals surface area (Å²) in [6, 6.07) is 7.23. The van der Waals surface area contributed by atoms with E-state index < -0.39 is 0 Å². The number of ether oxygens (including phenoxy) is 1. The summed E-state index contributed by atoms with van der Waals surface area (Å²) in [6.45, 7) is 2.74. The van der Waals surface area contributed by atoms with E-state index in [0.29, 0.717) is 17.9 Å². The summed E-state index contributed by atoms with van der Waals surface area (Å²) in [5.41, 5.74) is 0.454. The van der Waals surface area contributed by atoms with E-state index in [4.69, 9.17) is 10.00 Å². The molecule has 1 N–H and O–H groups in total. The van der Waals surface area contributed by atoms with E-state index in [1.165, 1.54) is 0 Å². The van der Waals surface area contributed by atoms with Crippen molar-refractivity contribution in [2.75, 3.05) is 13.2 Å². The van der Waals surface area contributed by atoms with E-state index in [1.54, 1.807) is 18.2 Å². The van der Waals surface area contributed by atoms with Crippen molar-refractivity contribution >= 4 is 21.8 Å². The van der Waals surface area contributed by atoms with Gasteiger partial charge in [-0.3, -0.25) is 4.79 Å². The number of hydrogen-bond donors (Lipinski definition) is 1. The smallest absolute Gasteiger partial charge is 0.223 e. The molecule has 1 aromatic carbocycles. The minimum atomic E-state index is -0.0527. The van der Waals surface area contributed by atoms with Crippen molar-refractivity contribution in [2.45, 2.75) is 13.3 Å². The van der Waals surface area contributed by atoms with Gasteiger partial charge in [0.05, 0.1) is 18.6 Å². The fraction of sp³-hybridized carbons (Fsp3) is 0.333. The first-order valence-corrected chi connectivity index (χ1v) is 6.05. The van der Waals surface area contributed by atoms with Crippen LogP contribution in [0.5, 0.6) is 5.75 Å². The number of nitrogens with zero attached hydrogens (tertiary/aromatic N) is 1. The van der Waals surface area contributed by atoms with Crippen LogP contribution in [-0.4, -0.2) is 19.1 Å². The van der Waals surface area contributed by atoms with Gasteiger partial charge in [0.15, 0.2) is 0 Å². The number of benzene rings is 1. The molecule has 90 valence electrons. The van der Waals surface area contributed by atoms with Crippen LogP contribution in [0.3, 0.4) is 0 Å². The number of nitriles is 1. The molecule has 5 heteroatoms. The number of nitrogens with one attached hydrogen (secondary N) is 1. The average Bonchev–Trinajstić information content (AvgIpc) is 2.31. The second-order valence-electron chi connectivity index (χ2n) is 3.30. The van der Waals surface area contributed by atoms with Gasteiger partial charge >= 0.3 is 0 Å². The van der Waals surface area contributed by atoms with Crippen LogP contribution in [0.2, 0.25) is 0 Å². The van der Waals surface area contributed by atoms with Crippen LogP contribution in [-0.2, 0) is 4.79 Å². The van der Waals surface area contributed by atoms with Crippen LogP contribution in [0.25, 0.3) is 0 Å².